The number of carbonyl (C=O) groups is 1. The maximum Gasteiger partial charge on any atom is 0.306 e. The number of hydrogen-bond acceptors (Lipinski definition) is 3. The van der Waals surface area contributed by atoms with Gasteiger partial charge >= 0.3 is 5.97 Å². The predicted molar refractivity (Wildman–Crippen MR) is 86.1 cm³/mol. The number of carbonyl (C=O) groups excluding carboxylic acids is 1. The van der Waals surface area contributed by atoms with Crippen molar-refractivity contribution in [1.82, 2.24) is 0 Å². The maximum absolute atomic E-state index is 11.0. The van der Waals surface area contributed by atoms with E-state index in [2.05, 4.69) is 13.0 Å². The molecule has 0 aliphatic carbocycles. The van der Waals surface area contributed by atoms with Crippen LogP contribution in [0.2, 0.25) is 0 Å². The summed E-state index contributed by atoms with van der Waals surface area (Å²) in [6.07, 6.45) is 16.7. The number of cyclic esters (lactones) is 1. The Balaban J connectivity index is 1.87. The lowest BCUT2D eigenvalue weighted by atomic mass is 10.0. The molecular formula is C18H32O3. The van der Waals surface area contributed by atoms with E-state index in [1.54, 1.807) is 0 Å². The van der Waals surface area contributed by atoms with Crippen molar-refractivity contribution in [3.05, 3.63) is 12.2 Å². The topological polar surface area (TPSA) is 46.5 Å². The van der Waals surface area contributed by atoms with E-state index in [1.807, 2.05) is 6.08 Å². The first kappa shape index (κ1) is 18.2. The summed E-state index contributed by atoms with van der Waals surface area (Å²) in [5.41, 5.74) is 0. The molecule has 0 saturated carbocycles. The third-order valence-electron chi connectivity index (χ3n) is 4.08. The Bertz CT molecular complexity index is 299. The quantitative estimate of drug-likeness (QED) is 0.327. The van der Waals surface area contributed by atoms with Gasteiger partial charge in [0.05, 0.1) is 6.10 Å². The highest BCUT2D eigenvalue weighted by atomic mass is 16.5. The average molecular weight is 296 g/mol. The number of allylic oxidation sites excluding steroid dienone is 1. The van der Waals surface area contributed by atoms with Crippen molar-refractivity contribution in [3.8, 4) is 0 Å². The van der Waals surface area contributed by atoms with Gasteiger partial charge in [0.25, 0.3) is 0 Å². The SMILES string of the molecule is CCCCCC=C[C@H](O)CCCCCC[C@@H]1CCC(=O)O1. The van der Waals surface area contributed by atoms with Gasteiger partial charge in [0, 0.05) is 6.42 Å². The molecule has 0 unspecified atom stereocenters. The summed E-state index contributed by atoms with van der Waals surface area (Å²) in [4.78, 5) is 11.0. The summed E-state index contributed by atoms with van der Waals surface area (Å²) in [5, 5.41) is 9.82. The van der Waals surface area contributed by atoms with E-state index in [4.69, 9.17) is 4.74 Å². The van der Waals surface area contributed by atoms with Gasteiger partial charge in [-0.25, -0.2) is 0 Å². The summed E-state index contributed by atoms with van der Waals surface area (Å²) < 4.78 is 5.19. The van der Waals surface area contributed by atoms with Gasteiger partial charge in [0.1, 0.15) is 6.10 Å². The third kappa shape index (κ3) is 9.67. The smallest absolute Gasteiger partial charge is 0.306 e. The summed E-state index contributed by atoms with van der Waals surface area (Å²) in [5.74, 6) is -0.0335. The second-order valence-electron chi connectivity index (χ2n) is 6.13. The van der Waals surface area contributed by atoms with Crippen molar-refractivity contribution in [2.45, 2.75) is 96.2 Å². The molecule has 1 saturated heterocycles. The third-order valence-corrected chi connectivity index (χ3v) is 4.08. The molecule has 0 radical (unpaired) electrons. The van der Waals surface area contributed by atoms with E-state index < -0.39 is 0 Å². The van der Waals surface area contributed by atoms with Crippen LogP contribution < -0.4 is 0 Å². The Hall–Kier alpha value is -0.830. The number of esters is 1. The van der Waals surface area contributed by atoms with E-state index in [0.29, 0.717) is 6.42 Å². The Morgan fingerprint density at radius 1 is 1.24 bits per heavy atom. The molecule has 2 atom stereocenters. The highest BCUT2D eigenvalue weighted by Crippen LogP contribution is 2.20. The first-order chi connectivity index (χ1) is 10.2. The van der Waals surface area contributed by atoms with E-state index >= 15 is 0 Å². The van der Waals surface area contributed by atoms with Gasteiger partial charge in [-0.1, -0.05) is 51.2 Å². The predicted octanol–water partition coefficient (Wildman–Crippen LogP) is 4.53. The lowest BCUT2D eigenvalue weighted by Gasteiger charge is -2.09. The largest absolute Gasteiger partial charge is 0.462 e. The van der Waals surface area contributed by atoms with E-state index in [9.17, 15) is 9.90 Å². The number of unbranched alkanes of at least 4 members (excludes halogenated alkanes) is 6. The Morgan fingerprint density at radius 2 is 2.05 bits per heavy atom. The molecule has 3 heteroatoms. The van der Waals surface area contributed by atoms with E-state index in [0.717, 1.165) is 44.9 Å². The molecule has 0 aromatic heterocycles. The molecular weight excluding hydrogens is 264 g/mol. The molecule has 3 nitrogen and oxygen atoms in total. The molecule has 1 aliphatic rings. The monoisotopic (exact) mass is 296 g/mol. The zero-order valence-electron chi connectivity index (χ0n) is 13.6. The molecule has 1 fully saturated rings. The van der Waals surface area contributed by atoms with Crippen molar-refractivity contribution in [2.24, 2.45) is 0 Å². The lowest BCUT2D eigenvalue weighted by Crippen LogP contribution is -2.06. The zero-order valence-corrected chi connectivity index (χ0v) is 13.6. The van der Waals surface area contributed by atoms with Crippen LogP contribution in [0.4, 0.5) is 0 Å². The fourth-order valence-corrected chi connectivity index (χ4v) is 2.73. The Morgan fingerprint density at radius 3 is 2.76 bits per heavy atom. The second kappa shape index (κ2) is 11.8. The van der Waals surface area contributed by atoms with Crippen LogP contribution in [-0.4, -0.2) is 23.3 Å². The fourth-order valence-electron chi connectivity index (χ4n) is 2.73. The number of aliphatic hydroxyl groups is 1. The first-order valence-electron chi connectivity index (χ1n) is 8.76. The van der Waals surface area contributed by atoms with Gasteiger partial charge < -0.3 is 9.84 Å². The molecule has 0 spiro atoms. The minimum Gasteiger partial charge on any atom is -0.462 e. The Kier molecular flexibility index (Phi) is 10.2. The van der Waals surface area contributed by atoms with Crippen molar-refractivity contribution >= 4 is 5.97 Å². The minimum absolute atomic E-state index is 0.0335. The van der Waals surface area contributed by atoms with Crippen LogP contribution in [0.25, 0.3) is 0 Å². The lowest BCUT2D eigenvalue weighted by molar-refractivity contribution is -0.141. The first-order valence-corrected chi connectivity index (χ1v) is 8.76. The van der Waals surface area contributed by atoms with Gasteiger partial charge in [-0.2, -0.15) is 0 Å². The molecule has 1 rings (SSSR count). The number of rotatable bonds is 12. The van der Waals surface area contributed by atoms with Crippen LogP contribution >= 0.6 is 0 Å². The van der Waals surface area contributed by atoms with Crippen LogP contribution in [0.5, 0.6) is 0 Å². The molecule has 122 valence electrons. The van der Waals surface area contributed by atoms with Crippen LogP contribution in [0, 0.1) is 0 Å². The highest BCUT2D eigenvalue weighted by molar-refractivity contribution is 5.71. The molecule has 1 aliphatic heterocycles. The normalized spacial score (nSPS) is 20.1. The molecule has 0 amide bonds. The minimum atomic E-state index is -0.276. The number of ether oxygens (including phenoxy) is 1. The van der Waals surface area contributed by atoms with E-state index in [-0.39, 0.29) is 18.2 Å². The molecule has 1 heterocycles. The molecule has 21 heavy (non-hydrogen) atoms. The van der Waals surface area contributed by atoms with Gasteiger partial charge in [-0.05, 0) is 38.5 Å². The summed E-state index contributed by atoms with van der Waals surface area (Å²) in [6.45, 7) is 2.20. The molecule has 0 aromatic carbocycles. The van der Waals surface area contributed by atoms with Crippen LogP contribution in [-0.2, 0) is 9.53 Å². The molecule has 0 bridgehead atoms. The summed E-state index contributed by atoms with van der Waals surface area (Å²) in [6, 6.07) is 0. The van der Waals surface area contributed by atoms with Crippen LogP contribution in [0.15, 0.2) is 12.2 Å². The molecule has 0 aromatic rings. The zero-order chi connectivity index (χ0) is 15.3. The maximum atomic E-state index is 11.0. The van der Waals surface area contributed by atoms with Crippen molar-refractivity contribution in [2.75, 3.05) is 0 Å². The van der Waals surface area contributed by atoms with E-state index in [1.165, 1.54) is 25.7 Å². The Labute approximate surface area is 129 Å². The number of hydrogen-bond donors (Lipinski definition) is 1. The average Bonchev–Trinajstić information content (AvgIpc) is 2.88. The highest BCUT2D eigenvalue weighted by Gasteiger charge is 2.22. The van der Waals surface area contributed by atoms with Crippen molar-refractivity contribution < 1.29 is 14.6 Å². The van der Waals surface area contributed by atoms with Crippen LogP contribution in [0.1, 0.15) is 84.0 Å². The molecule has 1 N–H and O–H groups in total. The second-order valence-corrected chi connectivity index (χ2v) is 6.13. The summed E-state index contributed by atoms with van der Waals surface area (Å²) in [7, 11) is 0. The van der Waals surface area contributed by atoms with Gasteiger partial charge in [0.2, 0.25) is 0 Å². The number of aliphatic hydroxyl groups excluding tert-OH is 1. The fraction of sp³-hybridized carbons (Fsp3) is 0.833. The summed E-state index contributed by atoms with van der Waals surface area (Å²) >= 11 is 0. The van der Waals surface area contributed by atoms with Crippen molar-refractivity contribution in [3.63, 3.8) is 0 Å². The van der Waals surface area contributed by atoms with Gasteiger partial charge in [0.15, 0.2) is 0 Å². The standard InChI is InChI=1S/C18H32O3/c1-2-3-4-5-8-11-16(19)12-9-6-7-10-13-17-14-15-18(20)21-17/h8,11,16-17,19H,2-7,9-10,12-15H2,1H3/t16-,17+/m0/s1. The van der Waals surface area contributed by atoms with Gasteiger partial charge in [-0.15, -0.1) is 0 Å². The van der Waals surface area contributed by atoms with Crippen molar-refractivity contribution in [1.29, 1.82) is 0 Å². The van der Waals surface area contributed by atoms with Crippen LogP contribution in [0.3, 0.4) is 0 Å². The van der Waals surface area contributed by atoms with Gasteiger partial charge in [-0.3, -0.25) is 4.79 Å².